The molecular weight excluding hydrogens is 492 g/mol. The fourth-order valence-electron chi connectivity index (χ4n) is 6.28. The number of anilines is 1. The molecule has 0 fully saturated rings. The number of allylic oxidation sites excluding steroid dienone is 2. The lowest BCUT2D eigenvalue weighted by molar-refractivity contribution is 0.163. The summed E-state index contributed by atoms with van der Waals surface area (Å²) in [5, 5.41) is 1.37. The number of thiophene rings is 1. The Kier molecular flexibility index (Phi) is 8.40. The van der Waals surface area contributed by atoms with Crippen molar-refractivity contribution in [1.29, 1.82) is 0 Å². The van der Waals surface area contributed by atoms with Crippen LogP contribution in [0.1, 0.15) is 58.1 Å². The normalized spacial score (nSPS) is 17.9. The van der Waals surface area contributed by atoms with Crippen LogP contribution in [0.2, 0.25) is 0 Å². The van der Waals surface area contributed by atoms with Gasteiger partial charge in [0.25, 0.3) is 0 Å². The van der Waals surface area contributed by atoms with E-state index in [-0.39, 0.29) is 11.5 Å². The highest BCUT2D eigenvalue weighted by Gasteiger charge is 2.32. The maximum absolute atomic E-state index is 2.57. The van der Waals surface area contributed by atoms with Crippen LogP contribution in [0.5, 0.6) is 0 Å². The van der Waals surface area contributed by atoms with Gasteiger partial charge in [-0.2, -0.15) is 0 Å². The predicted octanol–water partition coefficient (Wildman–Crippen LogP) is 9.53. The number of fused-ring (bicyclic) bond motifs is 1. The second kappa shape index (κ2) is 11.9. The van der Waals surface area contributed by atoms with Crippen molar-refractivity contribution in [3.63, 3.8) is 0 Å². The van der Waals surface area contributed by atoms with Gasteiger partial charge in [0, 0.05) is 39.8 Å². The largest absolute Gasteiger partial charge is 0.372 e. The summed E-state index contributed by atoms with van der Waals surface area (Å²) in [4.78, 5) is 6.37. The molecule has 1 aliphatic carbocycles. The van der Waals surface area contributed by atoms with Gasteiger partial charge in [0.15, 0.2) is 0 Å². The molecule has 0 saturated carbocycles. The average Bonchev–Trinajstić information content (AvgIpc) is 3.36. The summed E-state index contributed by atoms with van der Waals surface area (Å²) in [7, 11) is 0. The van der Waals surface area contributed by atoms with Crippen LogP contribution in [0.4, 0.5) is 5.69 Å². The molecule has 5 rings (SSSR count). The van der Waals surface area contributed by atoms with Gasteiger partial charge in [-0.25, -0.2) is 0 Å². The Morgan fingerprint density at radius 2 is 1.46 bits per heavy atom. The molecule has 0 N–H and O–H groups in total. The summed E-state index contributed by atoms with van der Waals surface area (Å²) < 4.78 is 1.35. The summed E-state index contributed by atoms with van der Waals surface area (Å²) in [5.74, 6) is 0.166. The van der Waals surface area contributed by atoms with Crippen LogP contribution in [0.15, 0.2) is 103 Å². The van der Waals surface area contributed by atoms with Crippen LogP contribution in [0.25, 0.3) is 20.5 Å². The van der Waals surface area contributed by atoms with Gasteiger partial charge in [-0.1, -0.05) is 92.7 Å². The average molecular weight is 535 g/mol. The number of hydrogen-bond acceptors (Lipinski definition) is 3. The number of benzene rings is 3. The molecule has 0 spiro atoms. The van der Waals surface area contributed by atoms with Crippen molar-refractivity contribution in [2.45, 2.75) is 52.5 Å². The van der Waals surface area contributed by atoms with Crippen molar-refractivity contribution in [3.05, 3.63) is 114 Å². The van der Waals surface area contributed by atoms with Gasteiger partial charge in [0.05, 0.1) is 0 Å². The van der Waals surface area contributed by atoms with Crippen LogP contribution in [-0.4, -0.2) is 36.6 Å². The predicted molar refractivity (Wildman–Crippen MR) is 172 cm³/mol. The third-order valence-electron chi connectivity index (χ3n) is 8.52. The molecule has 2 atom stereocenters. The molecule has 0 amide bonds. The van der Waals surface area contributed by atoms with Gasteiger partial charge in [-0.15, -0.1) is 11.3 Å². The fourth-order valence-corrected chi connectivity index (χ4v) is 7.53. The van der Waals surface area contributed by atoms with E-state index < -0.39 is 0 Å². The van der Waals surface area contributed by atoms with E-state index in [1.165, 1.54) is 42.9 Å². The maximum Gasteiger partial charge on any atom is 0.0400 e. The zero-order valence-electron chi connectivity index (χ0n) is 24.2. The Balaban J connectivity index is 1.68. The van der Waals surface area contributed by atoms with Crippen LogP contribution >= 0.6 is 11.3 Å². The molecule has 202 valence electrons. The SMILES string of the molecule is CCN(CC)c1ccc(C(C2=CCC(C)(N(CC)CC)C=C2)c2c(-c3ccccc3)sc3ccccc23)cc1. The molecule has 1 aromatic heterocycles. The summed E-state index contributed by atoms with van der Waals surface area (Å²) >= 11 is 1.92. The van der Waals surface area contributed by atoms with Crippen LogP contribution in [0, 0.1) is 0 Å². The van der Waals surface area contributed by atoms with E-state index in [0.717, 1.165) is 32.6 Å². The first-order valence-electron chi connectivity index (χ1n) is 14.6. The Morgan fingerprint density at radius 1 is 0.795 bits per heavy atom. The first-order chi connectivity index (χ1) is 19.0. The second-order valence-electron chi connectivity index (χ2n) is 10.7. The molecular formula is C36H42N2S. The van der Waals surface area contributed by atoms with Crippen molar-refractivity contribution in [2.24, 2.45) is 0 Å². The van der Waals surface area contributed by atoms with Gasteiger partial charge in [-0.3, -0.25) is 4.90 Å². The molecule has 0 saturated heterocycles. The molecule has 39 heavy (non-hydrogen) atoms. The van der Waals surface area contributed by atoms with Gasteiger partial charge in [0.2, 0.25) is 0 Å². The van der Waals surface area contributed by atoms with Crippen molar-refractivity contribution in [1.82, 2.24) is 4.90 Å². The number of likely N-dealkylation sites (N-methyl/N-ethyl adjacent to an activating group) is 1. The Hall–Kier alpha value is -3.14. The molecule has 2 nitrogen and oxygen atoms in total. The molecule has 1 aliphatic rings. The molecule has 3 aromatic carbocycles. The fraction of sp³-hybridized carbons (Fsp3) is 0.333. The summed E-state index contributed by atoms with van der Waals surface area (Å²) in [6.45, 7) is 15.5. The van der Waals surface area contributed by atoms with Crippen LogP contribution in [0.3, 0.4) is 0 Å². The molecule has 3 heteroatoms. The van der Waals surface area contributed by atoms with E-state index in [1.54, 1.807) is 0 Å². The van der Waals surface area contributed by atoms with Crippen LogP contribution in [-0.2, 0) is 0 Å². The topological polar surface area (TPSA) is 6.48 Å². The standard InChI is InChI=1S/C36H42N2S/c1-6-37(7-2)30-21-19-27(20-22-30)33(28-23-25-36(5,26-24-28)38(8-3)9-4)34-31-17-13-14-18-32(31)39-35(34)29-15-11-10-12-16-29/h10-25,33H,6-9,26H2,1-5H3. The molecule has 0 aliphatic heterocycles. The second-order valence-corrected chi connectivity index (χ2v) is 11.7. The van der Waals surface area contributed by atoms with Gasteiger partial charge < -0.3 is 4.90 Å². The number of hydrogen-bond donors (Lipinski definition) is 0. The lowest BCUT2D eigenvalue weighted by Gasteiger charge is -2.40. The molecule has 1 heterocycles. The maximum atomic E-state index is 2.57. The first-order valence-corrected chi connectivity index (χ1v) is 15.4. The Labute approximate surface area is 239 Å². The number of rotatable bonds is 10. The zero-order chi connectivity index (χ0) is 27.4. The monoisotopic (exact) mass is 534 g/mol. The van der Waals surface area contributed by atoms with Gasteiger partial charge in [0.1, 0.15) is 0 Å². The first kappa shape index (κ1) is 27.4. The van der Waals surface area contributed by atoms with Crippen molar-refractivity contribution >= 4 is 27.1 Å². The summed E-state index contributed by atoms with van der Waals surface area (Å²) in [6, 6.07) is 29.3. The number of nitrogens with zero attached hydrogens (tertiary/aromatic N) is 2. The quantitative estimate of drug-likeness (QED) is 0.200. The molecule has 4 aromatic rings. The smallest absolute Gasteiger partial charge is 0.0400 e. The minimum atomic E-state index is 0.0587. The van der Waals surface area contributed by atoms with Gasteiger partial charge >= 0.3 is 0 Å². The highest BCUT2D eigenvalue weighted by molar-refractivity contribution is 7.22. The highest BCUT2D eigenvalue weighted by Crippen LogP contribution is 2.48. The van der Waals surface area contributed by atoms with Crippen molar-refractivity contribution in [3.8, 4) is 10.4 Å². The van der Waals surface area contributed by atoms with E-state index in [1.807, 2.05) is 11.3 Å². The summed E-state index contributed by atoms with van der Waals surface area (Å²) in [5.41, 5.74) is 6.84. The minimum Gasteiger partial charge on any atom is -0.372 e. The van der Waals surface area contributed by atoms with E-state index in [9.17, 15) is 0 Å². The zero-order valence-corrected chi connectivity index (χ0v) is 25.0. The van der Waals surface area contributed by atoms with Crippen molar-refractivity contribution < 1.29 is 0 Å². The lowest BCUT2D eigenvalue weighted by atomic mass is 9.78. The molecule has 0 radical (unpaired) electrons. The van der Waals surface area contributed by atoms with E-state index in [0.29, 0.717) is 0 Å². The van der Waals surface area contributed by atoms with E-state index in [2.05, 4.69) is 142 Å². The third kappa shape index (κ3) is 5.35. The van der Waals surface area contributed by atoms with Crippen molar-refractivity contribution in [2.75, 3.05) is 31.1 Å². The minimum absolute atomic E-state index is 0.0587. The highest BCUT2D eigenvalue weighted by atomic mass is 32.1. The Morgan fingerprint density at radius 3 is 2.08 bits per heavy atom. The van der Waals surface area contributed by atoms with Gasteiger partial charge in [-0.05, 0) is 86.1 Å². The third-order valence-corrected chi connectivity index (χ3v) is 9.75. The Bertz CT molecular complexity index is 1440. The molecule has 2 unspecified atom stereocenters. The van der Waals surface area contributed by atoms with Crippen LogP contribution < -0.4 is 4.90 Å². The van der Waals surface area contributed by atoms with E-state index >= 15 is 0 Å². The van der Waals surface area contributed by atoms with E-state index in [4.69, 9.17) is 0 Å². The molecule has 0 bridgehead atoms. The summed E-state index contributed by atoms with van der Waals surface area (Å²) in [6.07, 6.45) is 8.43. The lowest BCUT2D eigenvalue weighted by Crippen LogP contribution is -2.45.